The molecule has 1 rings (SSSR count). The summed E-state index contributed by atoms with van der Waals surface area (Å²) in [6, 6.07) is 4.69. The van der Waals surface area contributed by atoms with Crippen LogP contribution < -0.4 is 5.32 Å². The van der Waals surface area contributed by atoms with Crippen LogP contribution in [0.15, 0.2) is 24.3 Å². The first-order valence-corrected chi connectivity index (χ1v) is 6.77. The van der Waals surface area contributed by atoms with Crippen molar-refractivity contribution in [3.05, 3.63) is 41.0 Å². The summed E-state index contributed by atoms with van der Waals surface area (Å²) in [5.74, 6) is 0. The largest absolute Gasteiger partial charge is 0.444 e. The Morgan fingerprint density at radius 3 is 2.52 bits per heavy atom. The molecule has 0 aliphatic heterocycles. The fourth-order valence-corrected chi connectivity index (χ4v) is 1.62. The Balaban J connectivity index is 2.76. The molecule has 0 atom stereocenters. The van der Waals surface area contributed by atoms with E-state index in [4.69, 9.17) is 10.00 Å². The van der Waals surface area contributed by atoms with E-state index in [9.17, 15) is 18.0 Å². The first-order chi connectivity index (χ1) is 10.5. The molecule has 0 radical (unpaired) electrons. The van der Waals surface area contributed by atoms with Gasteiger partial charge in [-0.2, -0.15) is 18.4 Å². The van der Waals surface area contributed by atoms with E-state index >= 15 is 0 Å². The normalized spacial score (nSPS) is 12.0. The molecule has 0 saturated heterocycles. The van der Waals surface area contributed by atoms with E-state index in [-0.39, 0.29) is 17.7 Å². The SMILES string of the molecule is CC(C)(C)OC(=O)NCC=Cc1cc(C(F)(F)F)ccc1C#N. The number of carbonyl (C=O) groups is 1. The van der Waals surface area contributed by atoms with Crippen LogP contribution in [0.3, 0.4) is 0 Å². The third kappa shape index (κ3) is 6.43. The van der Waals surface area contributed by atoms with Gasteiger partial charge in [-0.05, 0) is 44.5 Å². The fourth-order valence-electron chi connectivity index (χ4n) is 1.62. The number of alkyl carbamates (subject to hydrolysis) is 1. The smallest absolute Gasteiger partial charge is 0.416 e. The summed E-state index contributed by atoms with van der Waals surface area (Å²) in [6.45, 7) is 5.20. The molecule has 7 heteroatoms. The highest BCUT2D eigenvalue weighted by molar-refractivity contribution is 5.68. The topological polar surface area (TPSA) is 62.1 Å². The van der Waals surface area contributed by atoms with E-state index in [1.165, 1.54) is 12.2 Å². The van der Waals surface area contributed by atoms with Crippen LogP contribution in [-0.2, 0) is 10.9 Å². The van der Waals surface area contributed by atoms with Gasteiger partial charge in [0.2, 0.25) is 0 Å². The highest BCUT2D eigenvalue weighted by Crippen LogP contribution is 2.30. The molecule has 0 spiro atoms. The van der Waals surface area contributed by atoms with E-state index in [1.807, 2.05) is 6.07 Å². The Hall–Kier alpha value is -2.49. The fraction of sp³-hybridized carbons (Fsp3) is 0.375. The predicted octanol–water partition coefficient (Wildman–Crippen LogP) is 4.11. The third-order valence-electron chi connectivity index (χ3n) is 2.56. The lowest BCUT2D eigenvalue weighted by atomic mass is 10.0. The molecule has 124 valence electrons. The van der Waals surface area contributed by atoms with Crippen LogP contribution in [0.5, 0.6) is 0 Å². The summed E-state index contributed by atoms with van der Waals surface area (Å²) in [7, 11) is 0. The van der Waals surface area contributed by atoms with Gasteiger partial charge >= 0.3 is 12.3 Å². The minimum atomic E-state index is -4.48. The molecule has 23 heavy (non-hydrogen) atoms. The number of nitrogens with zero attached hydrogens (tertiary/aromatic N) is 1. The van der Waals surface area contributed by atoms with E-state index < -0.39 is 23.4 Å². The lowest BCUT2D eigenvalue weighted by Gasteiger charge is -2.19. The Morgan fingerprint density at radius 1 is 1.35 bits per heavy atom. The van der Waals surface area contributed by atoms with Gasteiger partial charge in [0.1, 0.15) is 5.60 Å². The minimum Gasteiger partial charge on any atom is -0.444 e. The Kier molecular flexibility index (Phi) is 5.79. The van der Waals surface area contributed by atoms with Crippen molar-refractivity contribution in [2.24, 2.45) is 0 Å². The van der Waals surface area contributed by atoms with Crippen LogP contribution in [0.4, 0.5) is 18.0 Å². The molecule has 1 N–H and O–H groups in total. The Labute approximate surface area is 132 Å². The monoisotopic (exact) mass is 326 g/mol. The Morgan fingerprint density at radius 2 is 2.00 bits per heavy atom. The van der Waals surface area contributed by atoms with Gasteiger partial charge in [-0.3, -0.25) is 0 Å². The van der Waals surface area contributed by atoms with Crippen LogP contribution >= 0.6 is 0 Å². The summed E-state index contributed by atoms with van der Waals surface area (Å²) in [6.07, 6.45) is -2.32. The predicted molar refractivity (Wildman–Crippen MR) is 79.4 cm³/mol. The second kappa shape index (κ2) is 7.18. The van der Waals surface area contributed by atoms with E-state index in [0.717, 1.165) is 18.2 Å². The van der Waals surface area contributed by atoms with Crippen LogP contribution in [0.2, 0.25) is 0 Å². The molecule has 0 aromatic heterocycles. The first kappa shape index (κ1) is 18.6. The average Bonchev–Trinajstić information content (AvgIpc) is 2.40. The molecule has 4 nitrogen and oxygen atoms in total. The number of rotatable bonds is 3. The van der Waals surface area contributed by atoms with Gasteiger partial charge < -0.3 is 10.1 Å². The maximum atomic E-state index is 12.7. The molecule has 0 bridgehead atoms. The van der Waals surface area contributed by atoms with Gasteiger partial charge in [-0.15, -0.1) is 0 Å². The second-order valence-electron chi connectivity index (χ2n) is 5.70. The van der Waals surface area contributed by atoms with Crippen molar-refractivity contribution in [3.63, 3.8) is 0 Å². The number of nitrogens with one attached hydrogen (secondary N) is 1. The number of nitriles is 1. The highest BCUT2D eigenvalue weighted by atomic mass is 19.4. The second-order valence-corrected chi connectivity index (χ2v) is 5.70. The molecular weight excluding hydrogens is 309 g/mol. The standard InChI is InChI=1S/C16H17F3N2O2/c1-15(2,3)23-14(22)21-8-4-5-11-9-13(16(17,18)19)7-6-12(11)10-20/h4-7,9H,8H2,1-3H3,(H,21,22). The van der Waals surface area contributed by atoms with Crippen LogP contribution in [0.25, 0.3) is 6.08 Å². The van der Waals surface area contributed by atoms with Crippen LogP contribution in [0, 0.1) is 11.3 Å². The number of hydrogen-bond acceptors (Lipinski definition) is 3. The number of alkyl halides is 3. The summed E-state index contributed by atoms with van der Waals surface area (Å²) in [4.78, 5) is 11.4. The number of amides is 1. The van der Waals surface area contributed by atoms with Crippen LogP contribution in [0.1, 0.15) is 37.5 Å². The number of halogens is 3. The lowest BCUT2D eigenvalue weighted by molar-refractivity contribution is -0.137. The summed E-state index contributed by atoms with van der Waals surface area (Å²) >= 11 is 0. The van der Waals surface area contributed by atoms with Crippen molar-refractivity contribution in [2.45, 2.75) is 32.5 Å². The quantitative estimate of drug-likeness (QED) is 0.909. The van der Waals surface area contributed by atoms with Gasteiger partial charge in [-0.1, -0.05) is 12.2 Å². The number of hydrogen-bond donors (Lipinski definition) is 1. The number of carbonyl (C=O) groups excluding carboxylic acids is 1. The first-order valence-electron chi connectivity index (χ1n) is 6.77. The van der Waals surface area contributed by atoms with Crippen molar-refractivity contribution < 1.29 is 22.7 Å². The van der Waals surface area contributed by atoms with Gasteiger partial charge in [0.05, 0.1) is 17.2 Å². The number of ether oxygens (including phenoxy) is 1. The Bertz CT molecular complexity index is 638. The van der Waals surface area contributed by atoms with Gasteiger partial charge in [0, 0.05) is 6.54 Å². The van der Waals surface area contributed by atoms with E-state index in [2.05, 4.69) is 5.32 Å². The summed E-state index contributed by atoms with van der Waals surface area (Å²) < 4.78 is 43.0. The maximum absolute atomic E-state index is 12.7. The number of benzene rings is 1. The molecule has 0 heterocycles. The summed E-state index contributed by atoms with van der Waals surface area (Å²) in [5.41, 5.74) is -1.22. The molecule has 0 aliphatic carbocycles. The van der Waals surface area contributed by atoms with Crippen molar-refractivity contribution >= 4 is 12.2 Å². The molecule has 0 aliphatic rings. The molecule has 0 unspecified atom stereocenters. The minimum absolute atomic E-state index is 0.0655. The highest BCUT2D eigenvalue weighted by Gasteiger charge is 2.30. The van der Waals surface area contributed by atoms with Gasteiger partial charge in [0.15, 0.2) is 0 Å². The zero-order valence-corrected chi connectivity index (χ0v) is 13.0. The zero-order chi connectivity index (χ0) is 17.7. The van der Waals surface area contributed by atoms with Crippen LogP contribution in [-0.4, -0.2) is 18.2 Å². The van der Waals surface area contributed by atoms with Gasteiger partial charge in [-0.25, -0.2) is 4.79 Å². The molecule has 1 aromatic rings. The van der Waals surface area contributed by atoms with Crippen molar-refractivity contribution in [1.82, 2.24) is 5.32 Å². The van der Waals surface area contributed by atoms with E-state index in [1.54, 1.807) is 20.8 Å². The average molecular weight is 326 g/mol. The lowest BCUT2D eigenvalue weighted by Crippen LogP contribution is -2.32. The van der Waals surface area contributed by atoms with Crippen molar-refractivity contribution in [1.29, 1.82) is 5.26 Å². The third-order valence-corrected chi connectivity index (χ3v) is 2.56. The molecule has 0 fully saturated rings. The van der Waals surface area contributed by atoms with Gasteiger partial charge in [0.25, 0.3) is 0 Å². The molecule has 0 saturated carbocycles. The zero-order valence-electron chi connectivity index (χ0n) is 13.0. The summed E-state index contributed by atoms with van der Waals surface area (Å²) in [5, 5.41) is 11.4. The maximum Gasteiger partial charge on any atom is 0.416 e. The molecule has 1 aromatic carbocycles. The molecular formula is C16H17F3N2O2. The molecule has 1 amide bonds. The van der Waals surface area contributed by atoms with Crippen molar-refractivity contribution in [3.8, 4) is 6.07 Å². The van der Waals surface area contributed by atoms with E-state index in [0.29, 0.717) is 0 Å². The van der Waals surface area contributed by atoms with Crippen molar-refractivity contribution in [2.75, 3.05) is 6.54 Å².